The van der Waals surface area contributed by atoms with Crippen LogP contribution in [0.15, 0.2) is 54.6 Å². The van der Waals surface area contributed by atoms with Gasteiger partial charge in [0, 0.05) is 12.1 Å². The Kier molecular flexibility index (Phi) is 5.64. The first kappa shape index (κ1) is 18.4. The van der Waals surface area contributed by atoms with Crippen LogP contribution < -0.4 is 0 Å². The van der Waals surface area contributed by atoms with Gasteiger partial charge in [0.1, 0.15) is 0 Å². The summed E-state index contributed by atoms with van der Waals surface area (Å²) in [5.41, 5.74) is 1.42. The molecular weight excluding hydrogens is 397 g/mol. The highest BCUT2D eigenvalue weighted by Gasteiger charge is 2.08. The van der Waals surface area contributed by atoms with Gasteiger partial charge in [-0.15, -0.1) is 0 Å². The van der Waals surface area contributed by atoms with E-state index in [0.717, 1.165) is 5.69 Å². The third-order valence-electron chi connectivity index (χ3n) is 3.17. The first-order valence-electron chi connectivity index (χ1n) is 7.24. The lowest BCUT2D eigenvalue weighted by molar-refractivity contribution is -0.384. The van der Waals surface area contributed by atoms with Crippen molar-refractivity contribution in [2.24, 2.45) is 0 Å². The topological polar surface area (TPSA) is 130 Å². The second-order valence-electron chi connectivity index (χ2n) is 4.83. The van der Waals surface area contributed by atoms with E-state index in [4.69, 9.17) is 23.2 Å². The number of nitro benzene ring substituents is 1. The van der Waals surface area contributed by atoms with E-state index in [1.165, 1.54) is 33.6 Å². The normalized spacial score (nSPS) is 10.1. The highest BCUT2D eigenvalue weighted by Crippen LogP contribution is 2.16. The summed E-state index contributed by atoms with van der Waals surface area (Å²) < 4.78 is 2.73. The van der Waals surface area contributed by atoms with Crippen LogP contribution in [0.1, 0.15) is 0 Å². The Labute approximate surface area is 161 Å². The number of non-ortho nitro benzene ring substituents is 1. The summed E-state index contributed by atoms with van der Waals surface area (Å²) in [7, 11) is 0. The van der Waals surface area contributed by atoms with Crippen molar-refractivity contribution in [2.45, 2.75) is 0 Å². The zero-order valence-corrected chi connectivity index (χ0v) is 14.8. The summed E-state index contributed by atoms with van der Waals surface area (Å²) in [5.74, 6) is 0. The van der Waals surface area contributed by atoms with Gasteiger partial charge in [-0.3, -0.25) is 10.1 Å². The molecule has 0 saturated heterocycles. The highest BCUT2D eigenvalue weighted by atomic mass is 35.5. The molecule has 0 fully saturated rings. The van der Waals surface area contributed by atoms with E-state index < -0.39 is 4.92 Å². The Morgan fingerprint density at radius 2 is 1.26 bits per heavy atom. The van der Waals surface area contributed by atoms with E-state index in [2.05, 4.69) is 31.1 Å². The van der Waals surface area contributed by atoms with Gasteiger partial charge in [0.05, 0.1) is 16.3 Å². The Hall–Kier alpha value is -3.44. The zero-order valence-electron chi connectivity index (χ0n) is 13.3. The number of tetrazole rings is 2. The van der Waals surface area contributed by atoms with E-state index in [1.807, 2.05) is 30.3 Å². The molecule has 13 heteroatoms. The Balaban J connectivity index is 0.000000159. The second kappa shape index (κ2) is 8.29. The van der Waals surface area contributed by atoms with Gasteiger partial charge in [0.15, 0.2) is 0 Å². The number of hydrogen-bond acceptors (Lipinski definition) is 8. The Morgan fingerprint density at radius 3 is 1.67 bits per heavy atom. The highest BCUT2D eigenvalue weighted by molar-refractivity contribution is 6.28. The fraction of sp³-hybridized carbons (Fsp3) is 0. The number of nitro groups is 1. The number of para-hydroxylation sites is 1. The van der Waals surface area contributed by atoms with Gasteiger partial charge in [-0.1, -0.05) is 28.4 Å². The van der Waals surface area contributed by atoms with Gasteiger partial charge in [-0.05, 0) is 68.3 Å². The third-order valence-corrected chi connectivity index (χ3v) is 3.64. The molecule has 136 valence electrons. The first-order valence-corrected chi connectivity index (χ1v) is 8.00. The number of nitrogens with zero attached hydrogens (tertiary/aromatic N) is 9. The molecule has 2 aromatic carbocycles. The molecule has 11 nitrogen and oxygen atoms in total. The quantitative estimate of drug-likeness (QED) is 0.375. The fourth-order valence-electron chi connectivity index (χ4n) is 1.95. The average Bonchev–Trinajstić information content (AvgIpc) is 3.31. The maximum absolute atomic E-state index is 10.4. The minimum absolute atomic E-state index is 0.00273. The molecule has 0 bridgehead atoms. The van der Waals surface area contributed by atoms with Crippen LogP contribution in [-0.2, 0) is 0 Å². The predicted octanol–water partition coefficient (Wildman–Crippen LogP) is 2.54. The maximum atomic E-state index is 10.4. The van der Waals surface area contributed by atoms with Gasteiger partial charge < -0.3 is 0 Å². The van der Waals surface area contributed by atoms with Gasteiger partial charge in [-0.25, -0.2) is 0 Å². The van der Waals surface area contributed by atoms with Crippen LogP contribution in [0.3, 0.4) is 0 Å². The Morgan fingerprint density at radius 1 is 0.778 bits per heavy atom. The number of rotatable bonds is 3. The van der Waals surface area contributed by atoms with Crippen molar-refractivity contribution in [3.8, 4) is 11.4 Å². The largest absolute Gasteiger partial charge is 0.269 e. The van der Waals surface area contributed by atoms with Gasteiger partial charge in [0.2, 0.25) is 10.6 Å². The average molecular weight is 406 g/mol. The molecule has 0 amide bonds. The summed E-state index contributed by atoms with van der Waals surface area (Å²) in [6, 6.07) is 15.2. The van der Waals surface area contributed by atoms with E-state index in [0.29, 0.717) is 5.69 Å². The van der Waals surface area contributed by atoms with Gasteiger partial charge in [0.25, 0.3) is 5.69 Å². The zero-order chi connectivity index (χ0) is 19.2. The second-order valence-corrected chi connectivity index (χ2v) is 5.50. The molecule has 0 atom stereocenters. The minimum Gasteiger partial charge on any atom is -0.258 e. The fourth-order valence-corrected chi connectivity index (χ4v) is 2.28. The molecule has 0 N–H and O–H groups in total. The molecule has 0 aliphatic heterocycles. The summed E-state index contributed by atoms with van der Waals surface area (Å²) in [6.45, 7) is 0. The smallest absolute Gasteiger partial charge is 0.258 e. The third kappa shape index (κ3) is 4.40. The molecule has 0 aliphatic rings. The predicted molar refractivity (Wildman–Crippen MR) is 95.0 cm³/mol. The van der Waals surface area contributed by atoms with Crippen LogP contribution in [0, 0.1) is 10.1 Å². The number of aromatic nitrogens is 8. The van der Waals surface area contributed by atoms with Crippen LogP contribution in [0.5, 0.6) is 0 Å². The lowest BCUT2D eigenvalue weighted by Gasteiger charge is -1.98. The van der Waals surface area contributed by atoms with E-state index in [9.17, 15) is 10.1 Å². The van der Waals surface area contributed by atoms with Gasteiger partial charge >= 0.3 is 0 Å². The van der Waals surface area contributed by atoms with Crippen LogP contribution in [0.4, 0.5) is 5.69 Å². The van der Waals surface area contributed by atoms with E-state index >= 15 is 0 Å². The van der Waals surface area contributed by atoms with Crippen molar-refractivity contribution in [2.75, 3.05) is 0 Å². The summed E-state index contributed by atoms with van der Waals surface area (Å²) in [6.07, 6.45) is 0. The molecule has 0 aliphatic carbocycles. The van der Waals surface area contributed by atoms with Gasteiger partial charge in [-0.2, -0.15) is 9.36 Å². The maximum Gasteiger partial charge on any atom is 0.269 e. The SMILES string of the molecule is Clc1nnnn1-c1ccccc1.O=[N+]([O-])c1ccc(-n2nnnc2Cl)cc1. The molecule has 0 saturated carbocycles. The van der Waals surface area contributed by atoms with E-state index in [-0.39, 0.29) is 16.3 Å². The number of halogens is 2. The molecule has 0 radical (unpaired) electrons. The molecule has 2 heterocycles. The molecular formula is C14H9Cl2N9O2. The summed E-state index contributed by atoms with van der Waals surface area (Å²) in [5, 5.41) is 31.9. The minimum atomic E-state index is -0.481. The molecule has 0 spiro atoms. The summed E-state index contributed by atoms with van der Waals surface area (Å²) in [4.78, 5) is 9.92. The van der Waals surface area contributed by atoms with Crippen molar-refractivity contribution in [3.63, 3.8) is 0 Å². The van der Waals surface area contributed by atoms with Crippen LogP contribution in [-0.4, -0.2) is 45.3 Å². The lowest BCUT2D eigenvalue weighted by atomic mass is 10.3. The molecule has 2 aromatic heterocycles. The van der Waals surface area contributed by atoms with Crippen molar-refractivity contribution >= 4 is 28.9 Å². The molecule has 0 unspecified atom stereocenters. The van der Waals surface area contributed by atoms with Crippen LogP contribution >= 0.6 is 23.2 Å². The standard InChI is InChI=1S/C7H4ClN5O2.C7H5ClN4/c8-7-9-10-11-12(7)5-1-3-6(4-2-5)13(14)15;8-7-9-10-11-12(7)6-4-2-1-3-5-6/h1-4H;1-5H. The summed E-state index contributed by atoms with van der Waals surface area (Å²) >= 11 is 11.4. The number of hydrogen-bond donors (Lipinski definition) is 0. The van der Waals surface area contributed by atoms with Crippen molar-refractivity contribution in [1.29, 1.82) is 0 Å². The van der Waals surface area contributed by atoms with Crippen LogP contribution in [0.2, 0.25) is 10.6 Å². The molecule has 27 heavy (non-hydrogen) atoms. The van der Waals surface area contributed by atoms with Crippen molar-refractivity contribution < 1.29 is 4.92 Å². The first-order chi connectivity index (χ1) is 13.1. The molecule has 4 aromatic rings. The lowest BCUT2D eigenvalue weighted by Crippen LogP contribution is -1.97. The molecule has 4 rings (SSSR count). The monoisotopic (exact) mass is 405 g/mol. The van der Waals surface area contributed by atoms with Crippen LogP contribution in [0.25, 0.3) is 11.4 Å². The number of benzene rings is 2. The van der Waals surface area contributed by atoms with Crippen molar-refractivity contribution in [1.82, 2.24) is 40.4 Å². The van der Waals surface area contributed by atoms with Crippen molar-refractivity contribution in [3.05, 3.63) is 75.3 Å². The van der Waals surface area contributed by atoms with E-state index in [1.54, 1.807) is 0 Å². The Bertz CT molecular complexity index is 1030.